The fourth-order valence-corrected chi connectivity index (χ4v) is 2.77. The van der Waals surface area contributed by atoms with Gasteiger partial charge in [-0.05, 0) is 32.0 Å². The van der Waals surface area contributed by atoms with E-state index in [2.05, 4.69) is 4.18 Å². The van der Waals surface area contributed by atoms with Crippen molar-refractivity contribution in [2.45, 2.75) is 19.4 Å². The summed E-state index contributed by atoms with van der Waals surface area (Å²) in [6, 6.07) is 4.65. The summed E-state index contributed by atoms with van der Waals surface area (Å²) in [5.41, 5.74) is -6.13. The highest BCUT2D eigenvalue weighted by molar-refractivity contribution is 7.88. The van der Waals surface area contributed by atoms with Gasteiger partial charge in [0.25, 0.3) is 0 Å². The molecule has 0 radical (unpaired) electrons. The Labute approximate surface area is 149 Å². The van der Waals surface area contributed by atoms with Gasteiger partial charge in [-0.25, -0.2) is 4.79 Å². The molecule has 0 spiro atoms. The molecule has 0 unspecified atom stereocenters. The molecule has 2 aromatic heterocycles. The Hall–Kier alpha value is -2.95. The Morgan fingerprint density at radius 2 is 1.74 bits per heavy atom. The Morgan fingerprint density at radius 1 is 1.07 bits per heavy atom. The first-order chi connectivity index (χ1) is 12.4. The molecule has 2 heterocycles. The monoisotopic (exact) mass is 404 g/mol. The minimum absolute atomic E-state index is 0.0120. The molecule has 7 nitrogen and oxygen atoms in total. The average molecular weight is 404 g/mol. The topological polar surface area (TPSA) is 107 Å². The van der Waals surface area contributed by atoms with Crippen LogP contribution in [0.15, 0.2) is 37.9 Å². The fraction of sp³-hybridized carbons (Fsp3) is 0.188. The molecule has 11 heteroatoms. The van der Waals surface area contributed by atoms with Crippen LogP contribution in [0.1, 0.15) is 11.1 Å². The highest BCUT2D eigenvalue weighted by Crippen LogP contribution is 2.35. The van der Waals surface area contributed by atoms with Crippen molar-refractivity contribution < 1.29 is 39.7 Å². The van der Waals surface area contributed by atoms with Crippen molar-refractivity contribution in [3.05, 3.63) is 45.8 Å². The molecule has 0 saturated carbocycles. The maximum Gasteiger partial charge on any atom is 0.534 e. The molecule has 0 aliphatic carbocycles. The van der Waals surface area contributed by atoms with Gasteiger partial charge in [-0.1, -0.05) is 0 Å². The molecular formula is C16H11F3O7S. The molecule has 27 heavy (non-hydrogen) atoms. The number of benzene rings is 1. The Balaban J connectivity index is 2.07. The standard InChI is InChI=1S/C16H11F3O7S/c1-7-13(20)8(2)15(21)25-14(7)12-5-9-3-4-10(6-11(9)24-12)26-27(22,23)16(17,18)19/h3-6,20H,1-2H3. The van der Waals surface area contributed by atoms with Crippen LogP contribution in [0.25, 0.3) is 22.5 Å². The summed E-state index contributed by atoms with van der Waals surface area (Å²) >= 11 is 0. The van der Waals surface area contributed by atoms with E-state index in [0.29, 0.717) is 5.39 Å². The largest absolute Gasteiger partial charge is 0.534 e. The first kappa shape index (κ1) is 18.8. The van der Waals surface area contributed by atoms with Crippen LogP contribution in [0.2, 0.25) is 0 Å². The van der Waals surface area contributed by atoms with Gasteiger partial charge in [-0.3, -0.25) is 0 Å². The number of hydrogen-bond acceptors (Lipinski definition) is 7. The van der Waals surface area contributed by atoms with Gasteiger partial charge in [0.05, 0.1) is 5.56 Å². The quantitative estimate of drug-likeness (QED) is 0.525. The lowest BCUT2D eigenvalue weighted by molar-refractivity contribution is -0.0500. The molecule has 0 fully saturated rings. The summed E-state index contributed by atoms with van der Waals surface area (Å²) in [6.45, 7) is 2.86. The second-order valence-electron chi connectivity index (χ2n) is 5.61. The van der Waals surface area contributed by atoms with E-state index in [9.17, 15) is 31.5 Å². The van der Waals surface area contributed by atoms with Crippen LogP contribution in [0, 0.1) is 13.8 Å². The molecule has 0 atom stereocenters. The third-order valence-electron chi connectivity index (χ3n) is 3.76. The number of hydrogen-bond donors (Lipinski definition) is 1. The van der Waals surface area contributed by atoms with E-state index < -0.39 is 27.0 Å². The average Bonchev–Trinajstić information content (AvgIpc) is 2.97. The minimum atomic E-state index is -5.82. The van der Waals surface area contributed by atoms with Gasteiger partial charge in [0.2, 0.25) is 0 Å². The first-order valence-corrected chi connectivity index (χ1v) is 8.69. The predicted molar refractivity (Wildman–Crippen MR) is 86.9 cm³/mol. The third-order valence-corrected chi connectivity index (χ3v) is 4.74. The summed E-state index contributed by atoms with van der Waals surface area (Å²) in [4.78, 5) is 11.7. The van der Waals surface area contributed by atoms with Crippen LogP contribution in [-0.4, -0.2) is 19.0 Å². The van der Waals surface area contributed by atoms with E-state index in [-0.39, 0.29) is 34.0 Å². The second kappa shape index (κ2) is 6.05. The van der Waals surface area contributed by atoms with Gasteiger partial charge >= 0.3 is 21.3 Å². The van der Waals surface area contributed by atoms with E-state index in [4.69, 9.17) is 8.83 Å². The zero-order valence-corrected chi connectivity index (χ0v) is 14.6. The lowest BCUT2D eigenvalue weighted by atomic mass is 10.1. The smallest absolute Gasteiger partial charge is 0.507 e. The molecule has 0 bridgehead atoms. The zero-order chi connectivity index (χ0) is 20.1. The highest BCUT2D eigenvalue weighted by Gasteiger charge is 2.48. The molecule has 3 aromatic rings. The van der Waals surface area contributed by atoms with Gasteiger partial charge in [0.1, 0.15) is 17.1 Å². The number of rotatable bonds is 3. The van der Waals surface area contributed by atoms with Gasteiger partial charge in [0.15, 0.2) is 11.5 Å². The number of aromatic hydroxyl groups is 1. The molecular weight excluding hydrogens is 393 g/mol. The summed E-state index contributed by atoms with van der Waals surface area (Å²) in [6.07, 6.45) is 0. The van der Waals surface area contributed by atoms with Crippen molar-refractivity contribution in [2.24, 2.45) is 0 Å². The number of alkyl halides is 3. The predicted octanol–water partition coefficient (Wildman–Crippen LogP) is 3.60. The molecule has 0 aliphatic heterocycles. The van der Waals surface area contributed by atoms with Crippen LogP contribution in [0.5, 0.6) is 11.5 Å². The van der Waals surface area contributed by atoms with E-state index in [0.717, 1.165) is 12.1 Å². The molecule has 1 aromatic carbocycles. The number of furan rings is 1. The van der Waals surface area contributed by atoms with Crippen molar-refractivity contribution in [3.63, 3.8) is 0 Å². The molecule has 3 rings (SSSR count). The van der Waals surface area contributed by atoms with E-state index in [1.54, 1.807) is 0 Å². The Bertz CT molecular complexity index is 1200. The third kappa shape index (κ3) is 3.25. The molecule has 0 aliphatic rings. The van der Waals surface area contributed by atoms with Gasteiger partial charge in [0, 0.05) is 17.0 Å². The highest BCUT2D eigenvalue weighted by atomic mass is 32.2. The van der Waals surface area contributed by atoms with Crippen LogP contribution >= 0.6 is 0 Å². The molecule has 1 N–H and O–H groups in total. The maximum atomic E-state index is 12.4. The summed E-state index contributed by atoms with van der Waals surface area (Å²) in [7, 11) is -5.82. The second-order valence-corrected chi connectivity index (χ2v) is 7.15. The lowest BCUT2D eigenvalue weighted by Crippen LogP contribution is -2.27. The summed E-state index contributed by atoms with van der Waals surface area (Å²) in [5.74, 6) is -0.928. The maximum absolute atomic E-state index is 12.4. The van der Waals surface area contributed by atoms with Gasteiger partial charge in [-0.2, -0.15) is 21.6 Å². The van der Waals surface area contributed by atoms with Crippen LogP contribution in [-0.2, 0) is 10.1 Å². The van der Waals surface area contributed by atoms with Crippen LogP contribution in [0.3, 0.4) is 0 Å². The van der Waals surface area contributed by atoms with Crippen LogP contribution in [0.4, 0.5) is 13.2 Å². The van der Waals surface area contributed by atoms with Crippen molar-refractivity contribution in [2.75, 3.05) is 0 Å². The Kier molecular flexibility index (Phi) is 4.22. The fourth-order valence-electron chi connectivity index (χ4n) is 2.32. The van der Waals surface area contributed by atoms with Gasteiger partial charge < -0.3 is 18.1 Å². The van der Waals surface area contributed by atoms with E-state index >= 15 is 0 Å². The van der Waals surface area contributed by atoms with Gasteiger partial charge in [-0.15, -0.1) is 0 Å². The Morgan fingerprint density at radius 3 is 2.37 bits per heavy atom. The summed E-state index contributed by atoms with van der Waals surface area (Å²) in [5, 5.41) is 10.3. The van der Waals surface area contributed by atoms with Crippen molar-refractivity contribution in [1.82, 2.24) is 0 Å². The van der Waals surface area contributed by atoms with Crippen molar-refractivity contribution in [1.29, 1.82) is 0 Å². The van der Waals surface area contributed by atoms with Crippen molar-refractivity contribution >= 4 is 21.1 Å². The lowest BCUT2D eigenvalue weighted by Gasteiger charge is -2.08. The molecule has 144 valence electrons. The molecule has 0 amide bonds. The van der Waals surface area contributed by atoms with E-state index in [1.807, 2.05) is 0 Å². The number of halogens is 3. The van der Waals surface area contributed by atoms with Crippen LogP contribution < -0.4 is 9.81 Å². The first-order valence-electron chi connectivity index (χ1n) is 7.28. The zero-order valence-electron chi connectivity index (χ0n) is 13.7. The minimum Gasteiger partial charge on any atom is -0.507 e. The number of fused-ring (bicyclic) bond motifs is 1. The van der Waals surface area contributed by atoms with E-state index in [1.165, 1.54) is 26.0 Å². The molecule has 0 saturated heterocycles. The SMILES string of the molecule is Cc1c(-c2cc3ccc(OS(=O)(=O)C(F)(F)F)cc3o2)oc(=O)c(C)c1O. The van der Waals surface area contributed by atoms with Crippen molar-refractivity contribution in [3.8, 4) is 23.0 Å². The summed E-state index contributed by atoms with van der Waals surface area (Å²) < 4.78 is 74.0. The normalized spacial score (nSPS) is 12.5.